The topological polar surface area (TPSA) is 62.5 Å². The molecule has 2 heterocycles. The van der Waals surface area contributed by atoms with Gasteiger partial charge in [0, 0.05) is 50.4 Å². The van der Waals surface area contributed by atoms with Crippen LogP contribution in [0.25, 0.3) is 11.4 Å². The van der Waals surface area contributed by atoms with Gasteiger partial charge in [0.2, 0.25) is 11.7 Å². The molecule has 1 aliphatic rings. The Labute approximate surface area is 171 Å². The largest absolute Gasteiger partial charge is 0.378 e. The fraction of sp³-hybridized carbons (Fsp3) is 0.348. The molecule has 0 aliphatic carbocycles. The molecule has 1 amide bonds. The summed E-state index contributed by atoms with van der Waals surface area (Å²) in [6.07, 6.45) is 2.66. The van der Waals surface area contributed by atoms with Crippen LogP contribution in [-0.4, -0.2) is 48.1 Å². The second-order valence-corrected chi connectivity index (χ2v) is 7.76. The van der Waals surface area contributed by atoms with Gasteiger partial charge in [-0.3, -0.25) is 4.79 Å². The van der Waals surface area contributed by atoms with Crippen LogP contribution in [-0.2, 0) is 6.42 Å². The number of hydrogen-bond donors (Lipinski definition) is 0. The third kappa shape index (κ3) is 4.47. The number of benzene rings is 2. The first-order valence-electron chi connectivity index (χ1n) is 10.0. The number of amides is 1. The zero-order valence-corrected chi connectivity index (χ0v) is 16.9. The Kier molecular flexibility index (Phi) is 5.60. The van der Waals surface area contributed by atoms with Gasteiger partial charge in [0.15, 0.2) is 0 Å². The summed E-state index contributed by atoms with van der Waals surface area (Å²) in [5.41, 5.74) is 2.75. The normalized spacial score (nSPS) is 14.8. The van der Waals surface area contributed by atoms with Gasteiger partial charge >= 0.3 is 0 Å². The molecule has 150 valence electrons. The molecule has 1 saturated heterocycles. The molecule has 1 fully saturated rings. The molecular formula is C23H26N4O2. The molecule has 4 rings (SSSR count). The first-order valence-corrected chi connectivity index (χ1v) is 10.0. The van der Waals surface area contributed by atoms with Crippen LogP contribution < -0.4 is 4.90 Å². The molecule has 0 atom stereocenters. The van der Waals surface area contributed by atoms with E-state index in [-0.39, 0.29) is 5.91 Å². The van der Waals surface area contributed by atoms with Crippen LogP contribution in [0.2, 0.25) is 0 Å². The SMILES string of the molecule is CN(C)c1cccc(C(=O)N2CCC(Cc3nc(-c4ccccc4)no3)CC2)c1. The van der Waals surface area contributed by atoms with Crippen molar-refractivity contribution in [2.24, 2.45) is 5.92 Å². The lowest BCUT2D eigenvalue weighted by Gasteiger charge is -2.31. The molecule has 6 nitrogen and oxygen atoms in total. The van der Waals surface area contributed by atoms with Crippen LogP contribution in [0.3, 0.4) is 0 Å². The highest BCUT2D eigenvalue weighted by atomic mass is 16.5. The molecule has 0 radical (unpaired) electrons. The van der Waals surface area contributed by atoms with Gasteiger partial charge in [-0.2, -0.15) is 4.98 Å². The molecule has 29 heavy (non-hydrogen) atoms. The van der Waals surface area contributed by atoms with E-state index in [2.05, 4.69) is 10.1 Å². The van der Waals surface area contributed by atoms with Gasteiger partial charge in [-0.05, 0) is 37.0 Å². The van der Waals surface area contributed by atoms with Gasteiger partial charge < -0.3 is 14.3 Å². The average Bonchev–Trinajstić information content (AvgIpc) is 3.23. The van der Waals surface area contributed by atoms with E-state index in [4.69, 9.17) is 4.52 Å². The molecule has 0 spiro atoms. The van der Waals surface area contributed by atoms with E-state index in [1.165, 1.54) is 0 Å². The lowest BCUT2D eigenvalue weighted by atomic mass is 9.93. The third-order valence-electron chi connectivity index (χ3n) is 5.47. The van der Waals surface area contributed by atoms with Gasteiger partial charge in [0.05, 0.1) is 0 Å². The van der Waals surface area contributed by atoms with E-state index >= 15 is 0 Å². The maximum absolute atomic E-state index is 12.9. The number of piperidine rings is 1. The molecular weight excluding hydrogens is 364 g/mol. The van der Waals surface area contributed by atoms with E-state index in [9.17, 15) is 4.79 Å². The molecule has 0 bridgehead atoms. The Bertz CT molecular complexity index is 960. The summed E-state index contributed by atoms with van der Waals surface area (Å²) in [6.45, 7) is 1.52. The van der Waals surface area contributed by atoms with E-state index in [1.807, 2.05) is 78.5 Å². The Balaban J connectivity index is 1.33. The highest BCUT2D eigenvalue weighted by Gasteiger charge is 2.25. The van der Waals surface area contributed by atoms with Crippen LogP contribution >= 0.6 is 0 Å². The minimum Gasteiger partial charge on any atom is -0.378 e. The molecule has 6 heteroatoms. The van der Waals surface area contributed by atoms with Gasteiger partial charge in [0.25, 0.3) is 5.91 Å². The molecule has 0 unspecified atom stereocenters. The van der Waals surface area contributed by atoms with Crippen molar-refractivity contribution in [3.8, 4) is 11.4 Å². The number of nitrogens with zero attached hydrogens (tertiary/aromatic N) is 4. The summed E-state index contributed by atoms with van der Waals surface area (Å²) >= 11 is 0. The van der Waals surface area contributed by atoms with Crippen LogP contribution in [0.4, 0.5) is 5.69 Å². The van der Waals surface area contributed by atoms with Gasteiger partial charge in [-0.15, -0.1) is 0 Å². The summed E-state index contributed by atoms with van der Waals surface area (Å²) in [4.78, 5) is 21.4. The van der Waals surface area contributed by atoms with Crippen molar-refractivity contribution >= 4 is 11.6 Å². The average molecular weight is 390 g/mol. The number of carbonyl (C=O) groups is 1. The second-order valence-electron chi connectivity index (χ2n) is 7.76. The van der Waals surface area contributed by atoms with Crippen LogP contribution in [0.15, 0.2) is 59.1 Å². The quantitative estimate of drug-likeness (QED) is 0.661. The number of hydrogen-bond acceptors (Lipinski definition) is 5. The Morgan fingerprint density at radius 1 is 1.10 bits per heavy atom. The monoisotopic (exact) mass is 390 g/mol. The first kappa shape index (κ1) is 19.2. The van der Waals surface area contributed by atoms with Crippen molar-refractivity contribution in [2.75, 3.05) is 32.1 Å². The summed E-state index contributed by atoms with van der Waals surface area (Å²) in [7, 11) is 3.96. The van der Waals surface area contributed by atoms with Crippen molar-refractivity contribution < 1.29 is 9.32 Å². The predicted molar refractivity (Wildman–Crippen MR) is 113 cm³/mol. The van der Waals surface area contributed by atoms with Crippen molar-refractivity contribution in [1.29, 1.82) is 0 Å². The number of aromatic nitrogens is 2. The van der Waals surface area contributed by atoms with Crippen molar-refractivity contribution in [2.45, 2.75) is 19.3 Å². The molecule has 3 aromatic rings. The van der Waals surface area contributed by atoms with Crippen LogP contribution in [0.1, 0.15) is 29.1 Å². The maximum Gasteiger partial charge on any atom is 0.253 e. The Morgan fingerprint density at radius 3 is 2.59 bits per heavy atom. The molecule has 2 aromatic carbocycles. The second kappa shape index (κ2) is 8.47. The van der Waals surface area contributed by atoms with Gasteiger partial charge in [0.1, 0.15) is 0 Å². The number of anilines is 1. The number of carbonyl (C=O) groups excluding carboxylic acids is 1. The minimum absolute atomic E-state index is 0.108. The smallest absolute Gasteiger partial charge is 0.253 e. The van der Waals surface area contributed by atoms with E-state index < -0.39 is 0 Å². The van der Waals surface area contributed by atoms with Crippen molar-refractivity contribution in [1.82, 2.24) is 15.0 Å². The number of rotatable bonds is 5. The minimum atomic E-state index is 0.108. The summed E-state index contributed by atoms with van der Waals surface area (Å²) < 4.78 is 5.45. The summed E-state index contributed by atoms with van der Waals surface area (Å²) in [6, 6.07) is 17.7. The molecule has 1 aromatic heterocycles. The molecule has 0 saturated carbocycles. The Hall–Kier alpha value is -3.15. The molecule has 1 aliphatic heterocycles. The molecule has 0 N–H and O–H groups in total. The standard InChI is InChI=1S/C23H26N4O2/c1-26(2)20-10-6-9-19(16-20)23(28)27-13-11-17(12-14-27)15-21-24-22(25-29-21)18-7-4-3-5-8-18/h3-10,16-17H,11-15H2,1-2H3. The summed E-state index contributed by atoms with van der Waals surface area (Å²) in [5.74, 6) is 1.87. The Morgan fingerprint density at radius 2 is 1.86 bits per heavy atom. The highest BCUT2D eigenvalue weighted by Crippen LogP contribution is 2.24. The van der Waals surface area contributed by atoms with Crippen LogP contribution in [0, 0.1) is 5.92 Å². The third-order valence-corrected chi connectivity index (χ3v) is 5.47. The van der Waals surface area contributed by atoms with E-state index in [0.29, 0.717) is 17.6 Å². The first-order chi connectivity index (χ1) is 14.1. The van der Waals surface area contributed by atoms with Gasteiger partial charge in [-0.25, -0.2) is 0 Å². The zero-order chi connectivity index (χ0) is 20.2. The lowest BCUT2D eigenvalue weighted by molar-refractivity contribution is 0.0687. The maximum atomic E-state index is 12.9. The predicted octanol–water partition coefficient (Wildman–Crippen LogP) is 3.90. The van der Waals surface area contributed by atoms with E-state index in [0.717, 1.165) is 49.2 Å². The zero-order valence-electron chi connectivity index (χ0n) is 16.9. The fourth-order valence-electron chi connectivity index (χ4n) is 3.73. The fourth-order valence-corrected chi connectivity index (χ4v) is 3.73. The lowest BCUT2D eigenvalue weighted by Crippen LogP contribution is -2.39. The van der Waals surface area contributed by atoms with Crippen molar-refractivity contribution in [3.05, 3.63) is 66.1 Å². The van der Waals surface area contributed by atoms with Crippen molar-refractivity contribution in [3.63, 3.8) is 0 Å². The highest BCUT2D eigenvalue weighted by molar-refractivity contribution is 5.95. The summed E-state index contributed by atoms with van der Waals surface area (Å²) in [5, 5.41) is 4.10. The van der Waals surface area contributed by atoms with Crippen LogP contribution in [0.5, 0.6) is 0 Å². The van der Waals surface area contributed by atoms with Gasteiger partial charge in [-0.1, -0.05) is 41.6 Å². The number of likely N-dealkylation sites (tertiary alicyclic amines) is 1. The van der Waals surface area contributed by atoms with E-state index in [1.54, 1.807) is 0 Å².